The van der Waals surface area contributed by atoms with Crippen molar-refractivity contribution in [1.82, 2.24) is 0 Å². The van der Waals surface area contributed by atoms with Crippen molar-refractivity contribution in [3.63, 3.8) is 0 Å². The van der Waals surface area contributed by atoms with Crippen molar-refractivity contribution in [1.29, 1.82) is 0 Å². The third-order valence-corrected chi connectivity index (χ3v) is 3.01. The zero-order chi connectivity index (χ0) is 8.91. The molecule has 1 unspecified atom stereocenters. The molecular formula is C6H14NO3P. The van der Waals surface area contributed by atoms with Gasteiger partial charge >= 0.3 is 0 Å². The number of carbonyl (C=O) groups excluding carboxylic acids is 1. The molecular weight excluding hydrogens is 165 g/mol. The molecule has 4 nitrogen and oxygen atoms in total. The second-order valence-corrected chi connectivity index (χ2v) is 5.11. The number of amides is 1. The van der Waals surface area contributed by atoms with E-state index in [0.29, 0.717) is 6.61 Å². The third-order valence-electron chi connectivity index (χ3n) is 1.17. The summed E-state index contributed by atoms with van der Waals surface area (Å²) in [6.07, 6.45) is 0.379. The summed E-state index contributed by atoms with van der Waals surface area (Å²) in [4.78, 5) is 10.3. The van der Waals surface area contributed by atoms with Crippen LogP contribution in [0.25, 0.3) is 0 Å². The molecule has 0 aliphatic rings. The molecule has 0 heterocycles. The van der Waals surface area contributed by atoms with Gasteiger partial charge in [-0.05, 0) is 6.92 Å². The maximum absolute atomic E-state index is 11.3. The molecule has 0 aromatic carbocycles. The van der Waals surface area contributed by atoms with Gasteiger partial charge in [0.25, 0.3) is 0 Å². The Morgan fingerprint density at radius 1 is 1.64 bits per heavy atom. The van der Waals surface area contributed by atoms with Crippen molar-refractivity contribution in [3.8, 4) is 0 Å². The second-order valence-electron chi connectivity index (χ2n) is 2.37. The summed E-state index contributed by atoms with van der Waals surface area (Å²) in [7, 11) is -2.55. The van der Waals surface area contributed by atoms with Crippen LogP contribution in [0.5, 0.6) is 0 Å². The van der Waals surface area contributed by atoms with Gasteiger partial charge in [-0.25, -0.2) is 0 Å². The van der Waals surface area contributed by atoms with Crippen molar-refractivity contribution in [2.75, 3.05) is 19.4 Å². The van der Waals surface area contributed by atoms with Crippen molar-refractivity contribution >= 4 is 13.3 Å². The van der Waals surface area contributed by atoms with Crippen LogP contribution < -0.4 is 5.73 Å². The van der Waals surface area contributed by atoms with E-state index in [4.69, 9.17) is 10.3 Å². The van der Waals surface area contributed by atoms with Crippen molar-refractivity contribution in [3.05, 3.63) is 0 Å². The fourth-order valence-electron chi connectivity index (χ4n) is 0.651. The molecule has 0 fully saturated rings. The van der Waals surface area contributed by atoms with Gasteiger partial charge in [0.15, 0.2) is 0 Å². The van der Waals surface area contributed by atoms with E-state index in [-0.39, 0.29) is 12.6 Å². The van der Waals surface area contributed by atoms with Gasteiger partial charge < -0.3 is 10.3 Å². The lowest BCUT2D eigenvalue weighted by Crippen LogP contribution is -2.12. The summed E-state index contributed by atoms with van der Waals surface area (Å²) in [6.45, 7) is 3.69. The standard InChI is InChI=1S/C6H14NO3P/c1-3-10-11(2,9)5-4-6(7)8/h3-5H2,1-2H3,(H2,7,8). The van der Waals surface area contributed by atoms with E-state index in [1.807, 2.05) is 0 Å². The predicted octanol–water partition coefficient (Wildman–Crippen LogP) is 0.806. The smallest absolute Gasteiger partial charge is 0.217 e. The van der Waals surface area contributed by atoms with Gasteiger partial charge in [-0.3, -0.25) is 9.36 Å². The highest BCUT2D eigenvalue weighted by Crippen LogP contribution is 2.42. The lowest BCUT2D eigenvalue weighted by atomic mass is 10.5. The monoisotopic (exact) mass is 179 g/mol. The van der Waals surface area contributed by atoms with Crippen LogP contribution in [0, 0.1) is 0 Å². The molecule has 2 N–H and O–H groups in total. The highest BCUT2D eigenvalue weighted by molar-refractivity contribution is 7.58. The first-order chi connectivity index (χ1) is 4.98. The molecule has 0 aromatic heterocycles. The number of rotatable bonds is 5. The topological polar surface area (TPSA) is 69.4 Å². The Labute approximate surface area is 66.6 Å². The lowest BCUT2D eigenvalue weighted by molar-refractivity contribution is -0.117. The number of hydrogen-bond acceptors (Lipinski definition) is 3. The first-order valence-electron chi connectivity index (χ1n) is 3.47. The summed E-state index contributed by atoms with van der Waals surface area (Å²) in [6, 6.07) is 0. The molecule has 0 aromatic rings. The fraction of sp³-hybridized carbons (Fsp3) is 0.833. The van der Waals surface area contributed by atoms with Crippen molar-refractivity contribution < 1.29 is 13.9 Å². The van der Waals surface area contributed by atoms with Crippen LogP contribution in [0.2, 0.25) is 0 Å². The van der Waals surface area contributed by atoms with Gasteiger partial charge in [-0.2, -0.15) is 0 Å². The molecule has 66 valence electrons. The molecule has 0 saturated heterocycles. The number of nitrogens with two attached hydrogens (primary N) is 1. The minimum absolute atomic E-state index is 0.133. The summed E-state index contributed by atoms with van der Waals surface area (Å²) < 4.78 is 16.2. The van der Waals surface area contributed by atoms with Gasteiger partial charge in [0.05, 0.1) is 6.61 Å². The van der Waals surface area contributed by atoms with Crippen LogP contribution in [-0.4, -0.2) is 25.3 Å². The Balaban J connectivity index is 3.73. The van der Waals surface area contributed by atoms with Crippen molar-refractivity contribution in [2.24, 2.45) is 5.73 Å². The van der Waals surface area contributed by atoms with Crippen LogP contribution in [0.15, 0.2) is 0 Å². The van der Waals surface area contributed by atoms with Crippen molar-refractivity contribution in [2.45, 2.75) is 13.3 Å². The minimum Gasteiger partial charge on any atom is -0.370 e. The van der Waals surface area contributed by atoms with Gasteiger partial charge in [0.1, 0.15) is 0 Å². The van der Waals surface area contributed by atoms with E-state index >= 15 is 0 Å². The number of primary amides is 1. The highest BCUT2D eigenvalue weighted by Gasteiger charge is 2.15. The first kappa shape index (κ1) is 10.7. The zero-order valence-electron chi connectivity index (χ0n) is 6.87. The Morgan fingerprint density at radius 3 is 2.55 bits per heavy atom. The average Bonchev–Trinajstić information content (AvgIpc) is 1.84. The predicted molar refractivity (Wildman–Crippen MR) is 43.8 cm³/mol. The maximum Gasteiger partial charge on any atom is 0.217 e. The van der Waals surface area contributed by atoms with E-state index in [1.165, 1.54) is 6.66 Å². The fourth-order valence-corrected chi connectivity index (χ4v) is 1.95. The Bertz CT molecular complexity index is 181. The average molecular weight is 179 g/mol. The van der Waals surface area contributed by atoms with Crippen LogP contribution in [0.4, 0.5) is 0 Å². The van der Waals surface area contributed by atoms with Gasteiger partial charge in [0.2, 0.25) is 13.3 Å². The summed E-state index contributed by atoms with van der Waals surface area (Å²) in [5, 5.41) is 0. The van der Waals surface area contributed by atoms with E-state index in [1.54, 1.807) is 6.92 Å². The largest absolute Gasteiger partial charge is 0.370 e. The zero-order valence-corrected chi connectivity index (χ0v) is 7.77. The molecule has 0 rings (SSSR count). The maximum atomic E-state index is 11.3. The molecule has 11 heavy (non-hydrogen) atoms. The lowest BCUT2D eigenvalue weighted by Gasteiger charge is -2.10. The number of hydrogen-bond donors (Lipinski definition) is 1. The quantitative estimate of drug-likeness (QED) is 0.635. The van der Waals surface area contributed by atoms with Crippen LogP contribution in [0.1, 0.15) is 13.3 Å². The molecule has 5 heteroatoms. The molecule has 0 aliphatic carbocycles. The van der Waals surface area contributed by atoms with Gasteiger partial charge in [-0.15, -0.1) is 0 Å². The first-order valence-corrected chi connectivity index (χ1v) is 5.73. The van der Waals surface area contributed by atoms with Crippen LogP contribution in [0.3, 0.4) is 0 Å². The Morgan fingerprint density at radius 2 is 2.18 bits per heavy atom. The third kappa shape index (κ3) is 6.07. The van der Waals surface area contributed by atoms with Crippen LogP contribution >= 0.6 is 7.37 Å². The van der Waals surface area contributed by atoms with E-state index in [2.05, 4.69) is 0 Å². The molecule has 0 spiro atoms. The number of carbonyl (C=O) groups is 1. The molecule has 0 bridgehead atoms. The molecule has 1 amide bonds. The molecule has 0 aliphatic heterocycles. The van der Waals surface area contributed by atoms with Gasteiger partial charge in [0, 0.05) is 19.2 Å². The van der Waals surface area contributed by atoms with Gasteiger partial charge in [-0.1, -0.05) is 0 Å². The molecule has 0 saturated carbocycles. The summed E-state index contributed by atoms with van der Waals surface area (Å²) in [5.41, 5.74) is 4.88. The van der Waals surface area contributed by atoms with E-state index in [9.17, 15) is 9.36 Å². The Hall–Kier alpha value is -0.340. The second kappa shape index (κ2) is 4.52. The van der Waals surface area contributed by atoms with E-state index in [0.717, 1.165) is 0 Å². The van der Waals surface area contributed by atoms with E-state index < -0.39 is 13.3 Å². The minimum atomic E-state index is -2.55. The summed E-state index contributed by atoms with van der Waals surface area (Å²) in [5.74, 6) is -0.438. The highest BCUT2D eigenvalue weighted by atomic mass is 31.2. The SMILES string of the molecule is CCOP(C)(=O)CCC(N)=O. The molecule has 0 radical (unpaired) electrons. The van der Waals surface area contributed by atoms with Crippen LogP contribution in [-0.2, 0) is 13.9 Å². The summed E-state index contributed by atoms with van der Waals surface area (Å²) >= 11 is 0. The normalized spacial score (nSPS) is 15.8. The Kier molecular flexibility index (Phi) is 4.38. The molecule has 1 atom stereocenters.